The van der Waals surface area contributed by atoms with Crippen molar-refractivity contribution in [3.05, 3.63) is 22.4 Å². The smallest absolute Gasteiger partial charge is 0.230 e. The molecule has 0 bridgehead atoms. The summed E-state index contributed by atoms with van der Waals surface area (Å²) in [4.78, 5) is 16.8. The summed E-state index contributed by atoms with van der Waals surface area (Å²) in [6.07, 6.45) is 3.49. The van der Waals surface area contributed by atoms with Gasteiger partial charge in [0.2, 0.25) is 5.91 Å². The number of hydrogen-bond donors (Lipinski definition) is 1. The molecule has 1 aliphatic rings. The van der Waals surface area contributed by atoms with E-state index in [-0.39, 0.29) is 11.9 Å². The molecular weight excluding hydrogens is 318 g/mol. The van der Waals surface area contributed by atoms with E-state index in [0.29, 0.717) is 28.2 Å². The number of nitriles is 1. The third-order valence-electron chi connectivity index (χ3n) is 5.47. The minimum absolute atomic E-state index is 0.0347. The molecule has 130 valence electrons. The van der Waals surface area contributed by atoms with Crippen molar-refractivity contribution in [1.82, 2.24) is 10.3 Å². The minimum atomic E-state index is 0.0347. The predicted molar refractivity (Wildman–Crippen MR) is 98.0 cm³/mol. The zero-order valence-corrected chi connectivity index (χ0v) is 16.1. The van der Waals surface area contributed by atoms with E-state index < -0.39 is 0 Å². The topological polar surface area (TPSA) is 65.8 Å². The summed E-state index contributed by atoms with van der Waals surface area (Å²) >= 11 is 1.36. The Hall–Kier alpha value is -1.54. The summed E-state index contributed by atoms with van der Waals surface area (Å²) in [5, 5.41) is 13.2. The normalized spacial score (nSPS) is 23.6. The Bertz CT molecular complexity index is 666. The Morgan fingerprint density at radius 2 is 2.00 bits per heavy atom. The van der Waals surface area contributed by atoms with Gasteiger partial charge in [0, 0.05) is 11.7 Å². The number of thioether (sulfide) groups is 1. The molecular formula is C19H27N3OS. The molecule has 0 unspecified atom stereocenters. The highest BCUT2D eigenvalue weighted by atomic mass is 32.2. The highest BCUT2D eigenvalue weighted by Gasteiger charge is 2.28. The number of aryl methyl sites for hydroxylation is 1. The monoisotopic (exact) mass is 345 g/mol. The maximum Gasteiger partial charge on any atom is 0.230 e. The van der Waals surface area contributed by atoms with Gasteiger partial charge in [-0.2, -0.15) is 5.26 Å². The van der Waals surface area contributed by atoms with Gasteiger partial charge >= 0.3 is 0 Å². The SMILES string of the molecule is Cc1nc(SCC(=O)N[C@@H]2CCC[C@@H](C)[C@H]2C)c(C#N)c(C)c1C. The Balaban J connectivity index is 2.01. The molecule has 1 heterocycles. The van der Waals surface area contributed by atoms with Crippen LogP contribution in [-0.2, 0) is 4.79 Å². The van der Waals surface area contributed by atoms with Crippen LogP contribution in [-0.4, -0.2) is 22.7 Å². The highest BCUT2D eigenvalue weighted by molar-refractivity contribution is 8.00. The lowest BCUT2D eigenvalue weighted by atomic mass is 9.78. The number of carbonyl (C=O) groups is 1. The van der Waals surface area contributed by atoms with Gasteiger partial charge in [-0.3, -0.25) is 4.79 Å². The summed E-state index contributed by atoms with van der Waals surface area (Å²) in [6.45, 7) is 10.4. The van der Waals surface area contributed by atoms with Crippen molar-refractivity contribution < 1.29 is 4.79 Å². The number of aromatic nitrogens is 1. The second-order valence-corrected chi connectivity index (χ2v) is 7.93. The first kappa shape index (κ1) is 18.8. The molecule has 1 aromatic heterocycles. The van der Waals surface area contributed by atoms with E-state index in [4.69, 9.17) is 0 Å². The maximum absolute atomic E-state index is 12.3. The molecule has 0 radical (unpaired) electrons. The molecule has 24 heavy (non-hydrogen) atoms. The molecule has 0 spiro atoms. The summed E-state index contributed by atoms with van der Waals surface area (Å²) in [7, 11) is 0. The molecule has 2 rings (SSSR count). The van der Waals surface area contributed by atoms with E-state index in [2.05, 4.69) is 30.2 Å². The Morgan fingerprint density at radius 3 is 2.67 bits per heavy atom. The van der Waals surface area contributed by atoms with Gasteiger partial charge in [0.25, 0.3) is 0 Å². The quantitative estimate of drug-likeness (QED) is 0.840. The average Bonchev–Trinajstić information content (AvgIpc) is 2.55. The van der Waals surface area contributed by atoms with Crippen molar-refractivity contribution in [1.29, 1.82) is 5.26 Å². The molecule has 0 saturated heterocycles. The van der Waals surface area contributed by atoms with Gasteiger partial charge in [-0.25, -0.2) is 4.98 Å². The van der Waals surface area contributed by atoms with Crippen molar-refractivity contribution in [2.24, 2.45) is 11.8 Å². The molecule has 1 saturated carbocycles. The number of nitrogens with zero attached hydrogens (tertiary/aromatic N) is 2. The second kappa shape index (κ2) is 8.02. The van der Waals surface area contributed by atoms with Gasteiger partial charge in [-0.1, -0.05) is 38.5 Å². The number of nitrogens with one attached hydrogen (secondary N) is 1. The van der Waals surface area contributed by atoms with Crippen molar-refractivity contribution in [3.8, 4) is 6.07 Å². The van der Waals surface area contributed by atoms with Gasteiger partial charge in [-0.05, 0) is 50.2 Å². The zero-order valence-electron chi connectivity index (χ0n) is 15.3. The Labute approximate surface area is 149 Å². The number of amides is 1. The molecule has 1 amide bonds. The third kappa shape index (κ3) is 4.10. The second-order valence-electron chi connectivity index (χ2n) is 6.97. The third-order valence-corrected chi connectivity index (χ3v) is 6.44. The van der Waals surface area contributed by atoms with Crippen LogP contribution in [0.2, 0.25) is 0 Å². The van der Waals surface area contributed by atoms with Crippen LogP contribution in [0.3, 0.4) is 0 Å². The lowest BCUT2D eigenvalue weighted by molar-refractivity contribution is -0.119. The van der Waals surface area contributed by atoms with Crippen LogP contribution in [0.5, 0.6) is 0 Å². The van der Waals surface area contributed by atoms with Crippen molar-refractivity contribution in [3.63, 3.8) is 0 Å². The highest BCUT2D eigenvalue weighted by Crippen LogP contribution is 2.30. The standard InChI is InChI=1S/C19H27N3OS/c1-11-7-6-8-17(12(11)2)22-18(23)10-24-19-16(9-20)14(4)13(3)15(5)21-19/h11-12,17H,6-8,10H2,1-5H3,(H,22,23)/t11-,12-,17-/m1/s1. The lowest BCUT2D eigenvalue weighted by Gasteiger charge is -2.34. The summed E-state index contributed by atoms with van der Waals surface area (Å²) in [5.74, 6) is 1.52. The van der Waals surface area contributed by atoms with Crippen molar-refractivity contribution in [2.75, 3.05) is 5.75 Å². The van der Waals surface area contributed by atoms with Gasteiger partial charge in [0.1, 0.15) is 11.1 Å². The first-order chi connectivity index (χ1) is 11.3. The maximum atomic E-state index is 12.3. The van der Waals surface area contributed by atoms with Gasteiger partial charge in [-0.15, -0.1) is 0 Å². The van der Waals surface area contributed by atoms with Crippen LogP contribution in [0.25, 0.3) is 0 Å². The molecule has 5 heteroatoms. The number of rotatable bonds is 4. The van der Waals surface area contributed by atoms with E-state index in [1.165, 1.54) is 24.6 Å². The first-order valence-electron chi connectivity index (χ1n) is 8.65. The van der Waals surface area contributed by atoms with E-state index in [1.54, 1.807) is 0 Å². The number of hydrogen-bond acceptors (Lipinski definition) is 4. The molecule has 3 atom stereocenters. The number of pyridine rings is 1. The summed E-state index contributed by atoms with van der Waals surface area (Å²) in [6, 6.07) is 2.50. The van der Waals surface area contributed by atoms with Crippen LogP contribution in [0, 0.1) is 43.9 Å². The molecule has 0 aliphatic heterocycles. The Kier molecular flexibility index (Phi) is 6.28. The van der Waals surface area contributed by atoms with E-state index in [0.717, 1.165) is 23.2 Å². The van der Waals surface area contributed by atoms with Gasteiger partial charge in [0.05, 0.1) is 11.3 Å². The average molecular weight is 346 g/mol. The van der Waals surface area contributed by atoms with Gasteiger partial charge < -0.3 is 5.32 Å². The van der Waals surface area contributed by atoms with Crippen LogP contribution in [0.15, 0.2) is 5.03 Å². The molecule has 4 nitrogen and oxygen atoms in total. The van der Waals surface area contributed by atoms with Crippen LogP contribution >= 0.6 is 11.8 Å². The molecule has 1 aliphatic carbocycles. The van der Waals surface area contributed by atoms with E-state index in [9.17, 15) is 10.1 Å². The minimum Gasteiger partial charge on any atom is -0.352 e. The number of carbonyl (C=O) groups excluding carboxylic acids is 1. The van der Waals surface area contributed by atoms with Gasteiger partial charge in [0.15, 0.2) is 0 Å². The van der Waals surface area contributed by atoms with Crippen LogP contribution in [0.1, 0.15) is 55.5 Å². The summed E-state index contributed by atoms with van der Waals surface area (Å²) in [5.41, 5.74) is 3.52. The van der Waals surface area contributed by atoms with Crippen LogP contribution < -0.4 is 5.32 Å². The fourth-order valence-electron chi connectivity index (χ4n) is 3.32. The summed E-state index contributed by atoms with van der Waals surface area (Å²) < 4.78 is 0. The zero-order chi connectivity index (χ0) is 17.9. The molecule has 1 aromatic rings. The molecule has 1 fully saturated rings. The predicted octanol–water partition coefficient (Wildman–Crippen LogP) is 3.91. The largest absolute Gasteiger partial charge is 0.352 e. The fraction of sp³-hybridized carbons (Fsp3) is 0.632. The molecule has 0 aromatic carbocycles. The van der Waals surface area contributed by atoms with Crippen LogP contribution in [0.4, 0.5) is 0 Å². The van der Waals surface area contributed by atoms with E-state index >= 15 is 0 Å². The first-order valence-corrected chi connectivity index (χ1v) is 9.63. The fourth-order valence-corrected chi connectivity index (χ4v) is 4.21. The Morgan fingerprint density at radius 1 is 1.29 bits per heavy atom. The lowest BCUT2D eigenvalue weighted by Crippen LogP contribution is -2.44. The van der Waals surface area contributed by atoms with Crippen molar-refractivity contribution >= 4 is 17.7 Å². The molecule has 1 N–H and O–H groups in total. The van der Waals surface area contributed by atoms with Crippen molar-refractivity contribution in [2.45, 2.75) is 64.9 Å². The van der Waals surface area contributed by atoms with E-state index in [1.807, 2.05) is 20.8 Å².